The van der Waals surface area contributed by atoms with Gasteiger partial charge in [0.1, 0.15) is 5.60 Å². The highest BCUT2D eigenvalue weighted by molar-refractivity contribution is 7.08. The van der Waals surface area contributed by atoms with E-state index in [1.54, 1.807) is 18.3 Å². The van der Waals surface area contributed by atoms with Crippen LogP contribution < -0.4 is 5.32 Å². The lowest BCUT2D eigenvalue weighted by Crippen LogP contribution is -2.30. The van der Waals surface area contributed by atoms with Crippen LogP contribution in [0.2, 0.25) is 0 Å². The van der Waals surface area contributed by atoms with Gasteiger partial charge in [-0.25, -0.2) is 0 Å². The van der Waals surface area contributed by atoms with Gasteiger partial charge >= 0.3 is 6.01 Å². The van der Waals surface area contributed by atoms with E-state index in [1.807, 2.05) is 30.7 Å². The fourth-order valence-corrected chi connectivity index (χ4v) is 2.24. The molecule has 0 fully saturated rings. The number of thiophene rings is 1. The van der Waals surface area contributed by atoms with Crippen LogP contribution in [-0.4, -0.2) is 21.8 Å². The molecule has 0 aromatic carbocycles. The first-order valence-electron chi connectivity index (χ1n) is 5.81. The second kappa shape index (κ2) is 5.07. The van der Waals surface area contributed by atoms with Gasteiger partial charge in [0.25, 0.3) is 0 Å². The van der Waals surface area contributed by atoms with Crippen molar-refractivity contribution in [3.63, 3.8) is 0 Å². The number of hydrogen-bond acceptors (Lipinski definition) is 6. The molecule has 18 heavy (non-hydrogen) atoms. The maximum atomic E-state index is 10.3. The monoisotopic (exact) mass is 267 g/mol. The van der Waals surface area contributed by atoms with Gasteiger partial charge in [-0.2, -0.15) is 16.3 Å². The van der Waals surface area contributed by atoms with E-state index in [4.69, 9.17) is 4.52 Å². The summed E-state index contributed by atoms with van der Waals surface area (Å²) in [5.41, 5.74) is -0.0736. The fourth-order valence-electron chi connectivity index (χ4n) is 1.46. The Labute approximate surface area is 110 Å². The third-order valence-corrected chi connectivity index (χ3v) is 3.37. The van der Waals surface area contributed by atoms with Gasteiger partial charge in [-0.15, -0.1) is 0 Å². The summed E-state index contributed by atoms with van der Waals surface area (Å²) in [6.45, 7) is 6.07. The van der Waals surface area contributed by atoms with Crippen molar-refractivity contribution in [2.75, 3.05) is 11.9 Å². The Hall–Kier alpha value is -1.40. The minimum absolute atomic E-state index is 0.224. The molecule has 2 aromatic heterocycles. The summed E-state index contributed by atoms with van der Waals surface area (Å²) < 4.78 is 5.06. The Morgan fingerprint density at radius 1 is 1.56 bits per heavy atom. The average molecular weight is 267 g/mol. The van der Waals surface area contributed by atoms with Crippen LogP contribution >= 0.6 is 11.3 Å². The summed E-state index contributed by atoms with van der Waals surface area (Å²) in [6, 6.07) is 2.24. The van der Waals surface area contributed by atoms with Gasteiger partial charge in [0.15, 0.2) is 5.82 Å². The van der Waals surface area contributed by atoms with Crippen LogP contribution in [0, 0.1) is 0 Å². The number of nitrogens with one attached hydrogen (secondary N) is 1. The van der Waals surface area contributed by atoms with E-state index in [2.05, 4.69) is 15.5 Å². The molecule has 0 aliphatic rings. The zero-order valence-electron chi connectivity index (χ0n) is 10.7. The predicted octanol–water partition coefficient (Wildman–Crippen LogP) is 2.57. The van der Waals surface area contributed by atoms with Gasteiger partial charge in [0, 0.05) is 5.92 Å². The Kier molecular flexibility index (Phi) is 3.68. The highest BCUT2D eigenvalue weighted by Crippen LogP contribution is 2.23. The lowest BCUT2D eigenvalue weighted by molar-refractivity contribution is 0.0712. The van der Waals surface area contributed by atoms with Gasteiger partial charge < -0.3 is 14.9 Å². The van der Waals surface area contributed by atoms with Crippen molar-refractivity contribution in [1.82, 2.24) is 10.1 Å². The van der Waals surface area contributed by atoms with Crippen molar-refractivity contribution in [3.8, 4) is 0 Å². The first-order valence-corrected chi connectivity index (χ1v) is 6.76. The van der Waals surface area contributed by atoms with Crippen molar-refractivity contribution in [1.29, 1.82) is 0 Å². The van der Waals surface area contributed by atoms with E-state index in [-0.39, 0.29) is 5.92 Å². The first kappa shape index (κ1) is 13.0. The smallest absolute Gasteiger partial charge is 0.321 e. The molecule has 5 nitrogen and oxygen atoms in total. The van der Waals surface area contributed by atoms with Gasteiger partial charge in [0.2, 0.25) is 0 Å². The zero-order chi connectivity index (χ0) is 13.2. The fraction of sp³-hybridized carbons (Fsp3) is 0.500. The highest BCUT2D eigenvalue weighted by Gasteiger charge is 2.24. The molecule has 0 amide bonds. The minimum Gasteiger partial charge on any atom is -0.384 e. The molecule has 6 heteroatoms. The molecule has 2 N–H and O–H groups in total. The van der Waals surface area contributed by atoms with E-state index in [0.717, 1.165) is 5.56 Å². The molecule has 2 heterocycles. The number of aromatic nitrogens is 2. The van der Waals surface area contributed by atoms with Crippen LogP contribution in [0.5, 0.6) is 0 Å². The SMILES string of the molecule is CC(C)c1noc(NCC(C)(O)c2ccsc2)n1. The molecule has 0 saturated carbocycles. The molecule has 1 unspecified atom stereocenters. The molecule has 0 aliphatic carbocycles. The Morgan fingerprint density at radius 3 is 2.89 bits per heavy atom. The summed E-state index contributed by atoms with van der Waals surface area (Å²) >= 11 is 1.56. The van der Waals surface area contributed by atoms with Crippen LogP contribution in [0.1, 0.15) is 38.1 Å². The van der Waals surface area contributed by atoms with Crippen molar-refractivity contribution >= 4 is 17.4 Å². The van der Waals surface area contributed by atoms with Crippen molar-refractivity contribution in [2.24, 2.45) is 0 Å². The first-order chi connectivity index (χ1) is 8.49. The van der Waals surface area contributed by atoms with E-state index < -0.39 is 5.60 Å². The van der Waals surface area contributed by atoms with Crippen LogP contribution in [0.3, 0.4) is 0 Å². The van der Waals surface area contributed by atoms with Crippen LogP contribution in [-0.2, 0) is 5.60 Å². The quantitative estimate of drug-likeness (QED) is 0.871. The van der Waals surface area contributed by atoms with Crippen LogP contribution in [0.25, 0.3) is 0 Å². The Morgan fingerprint density at radius 2 is 2.33 bits per heavy atom. The maximum absolute atomic E-state index is 10.3. The molecule has 0 aliphatic heterocycles. The van der Waals surface area contributed by atoms with Gasteiger partial charge in [-0.1, -0.05) is 19.0 Å². The third-order valence-electron chi connectivity index (χ3n) is 2.69. The topological polar surface area (TPSA) is 71.2 Å². The standard InChI is InChI=1S/C12H17N3O2S/c1-8(2)10-14-11(17-15-10)13-7-12(3,16)9-4-5-18-6-9/h4-6,8,16H,7H2,1-3H3,(H,13,14,15). The highest BCUT2D eigenvalue weighted by atomic mass is 32.1. The van der Waals surface area contributed by atoms with Crippen molar-refractivity contribution in [3.05, 3.63) is 28.2 Å². The second-order valence-electron chi connectivity index (χ2n) is 4.75. The van der Waals surface area contributed by atoms with E-state index in [0.29, 0.717) is 18.4 Å². The molecule has 2 rings (SSSR count). The number of hydrogen-bond donors (Lipinski definition) is 2. The molecular weight excluding hydrogens is 250 g/mol. The summed E-state index contributed by atoms with van der Waals surface area (Å²) in [5, 5.41) is 21.0. The zero-order valence-corrected chi connectivity index (χ0v) is 11.5. The number of nitrogens with zero attached hydrogens (tertiary/aromatic N) is 2. The van der Waals surface area contributed by atoms with Gasteiger partial charge in [0.05, 0.1) is 6.54 Å². The largest absolute Gasteiger partial charge is 0.384 e. The lowest BCUT2D eigenvalue weighted by atomic mass is 10.00. The molecular formula is C12H17N3O2S. The molecule has 0 saturated heterocycles. The van der Waals surface area contributed by atoms with E-state index in [9.17, 15) is 5.11 Å². The van der Waals surface area contributed by atoms with E-state index in [1.165, 1.54) is 0 Å². The van der Waals surface area contributed by atoms with Crippen LogP contribution in [0.15, 0.2) is 21.3 Å². The summed E-state index contributed by atoms with van der Waals surface area (Å²) in [6.07, 6.45) is 0. The normalized spacial score (nSPS) is 14.7. The van der Waals surface area contributed by atoms with Crippen molar-refractivity contribution in [2.45, 2.75) is 32.3 Å². The lowest BCUT2D eigenvalue weighted by Gasteiger charge is -2.21. The molecule has 2 aromatic rings. The second-order valence-corrected chi connectivity index (χ2v) is 5.53. The minimum atomic E-state index is -0.952. The number of aliphatic hydroxyl groups is 1. The van der Waals surface area contributed by atoms with Crippen LogP contribution in [0.4, 0.5) is 6.01 Å². The average Bonchev–Trinajstić information content (AvgIpc) is 2.98. The number of anilines is 1. The third kappa shape index (κ3) is 2.88. The molecule has 0 spiro atoms. The summed E-state index contributed by atoms with van der Waals surface area (Å²) in [5.74, 6) is 0.884. The Bertz CT molecular complexity index is 491. The Balaban J connectivity index is 1.98. The molecule has 98 valence electrons. The van der Waals surface area contributed by atoms with Gasteiger partial charge in [-0.3, -0.25) is 0 Å². The van der Waals surface area contributed by atoms with Crippen molar-refractivity contribution < 1.29 is 9.63 Å². The summed E-state index contributed by atoms with van der Waals surface area (Å²) in [7, 11) is 0. The molecule has 0 bridgehead atoms. The molecule has 0 radical (unpaired) electrons. The number of rotatable bonds is 5. The predicted molar refractivity (Wildman–Crippen MR) is 70.8 cm³/mol. The summed E-state index contributed by atoms with van der Waals surface area (Å²) in [4.78, 5) is 4.20. The maximum Gasteiger partial charge on any atom is 0.321 e. The van der Waals surface area contributed by atoms with Gasteiger partial charge in [-0.05, 0) is 29.3 Å². The van der Waals surface area contributed by atoms with E-state index >= 15 is 0 Å². The molecule has 1 atom stereocenters.